The van der Waals surface area contributed by atoms with Crippen LogP contribution >= 0.6 is 15.9 Å². The van der Waals surface area contributed by atoms with Gasteiger partial charge in [-0.05, 0) is 62.8 Å². The summed E-state index contributed by atoms with van der Waals surface area (Å²) in [6, 6.07) is 10.4. The molecule has 2 amide bonds. The van der Waals surface area contributed by atoms with E-state index in [4.69, 9.17) is 0 Å². The molecule has 2 fully saturated rings. The van der Waals surface area contributed by atoms with Gasteiger partial charge in [0.15, 0.2) is 0 Å². The molecule has 0 spiro atoms. The van der Waals surface area contributed by atoms with E-state index in [9.17, 15) is 18.4 Å². The second-order valence-electron chi connectivity index (χ2n) is 11.4. The lowest BCUT2D eigenvalue weighted by Gasteiger charge is -2.37. The topological polar surface area (TPSA) is 74.6 Å². The fourth-order valence-corrected chi connectivity index (χ4v) is 6.64. The number of carbonyl (C=O) groups is 2. The average Bonchev–Trinajstić information content (AvgIpc) is 3.63. The predicted molar refractivity (Wildman–Crippen MR) is 166 cm³/mol. The molecule has 2 saturated heterocycles. The van der Waals surface area contributed by atoms with Crippen LogP contribution in [0.15, 0.2) is 47.1 Å². The van der Waals surface area contributed by atoms with Crippen molar-refractivity contribution in [3.05, 3.63) is 64.3 Å². The standard InChI is InChI=1S/C32H39BrF2N6O2/c1-3-14-38(15-4-2)24-7-5-22(6-8-24)29-21-41(37-36-29)30-13-18-40(32(30)43)25-11-16-39(17-12-25)31(42)10-9-26-27(34)19-23(33)20-28(26)35/h5-8,19-21,25,30H,3-4,9-18H2,1-2H3. The van der Waals surface area contributed by atoms with Gasteiger partial charge in [0.1, 0.15) is 23.4 Å². The highest BCUT2D eigenvalue weighted by molar-refractivity contribution is 9.10. The number of likely N-dealkylation sites (tertiary alicyclic amines) is 2. The Labute approximate surface area is 260 Å². The van der Waals surface area contributed by atoms with Crippen molar-refractivity contribution >= 4 is 33.4 Å². The van der Waals surface area contributed by atoms with E-state index in [0.717, 1.165) is 37.2 Å². The van der Waals surface area contributed by atoms with Crippen molar-refractivity contribution in [2.45, 2.75) is 70.9 Å². The van der Waals surface area contributed by atoms with Crippen molar-refractivity contribution in [2.75, 3.05) is 37.6 Å². The maximum absolute atomic E-state index is 14.2. The number of nitrogens with zero attached hydrogens (tertiary/aromatic N) is 6. The number of hydrogen-bond acceptors (Lipinski definition) is 5. The minimum atomic E-state index is -0.654. The molecule has 1 atom stereocenters. The summed E-state index contributed by atoms with van der Waals surface area (Å²) >= 11 is 3.08. The van der Waals surface area contributed by atoms with Gasteiger partial charge in [0, 0.05) is 66.5 Å². The minimum absolute atomic E-state index is 0.0101. The van der Waals surface area contributed by atoms with E-state index >= 15 is 0 Å². The Hall–Kier alpha value is -3.34. The fourth-order valence-electron chi connectivity index (χ4n) is 6.24. The zero-order valence-electron chi connectivity index (χ0n) is 24.8. The molecule has 0 bridgehead atoms. The highest BCUT2D eigenvalue weighted by atomic mass is 79.9. The molecule has 0 aliphatic carbocycles. The Kier molecular flexibility index (Phi) is 10.1. The average molecular weight is 658 g/mol. The van der Waals surface area contributed by atoms with Crippen LogP contribution in [0.4, 0.5) is 14.5 Å². The summed E-state index contributed by atoms with van der Waals surface area (Å²) in [5.74, 6) is -1.40. The van der Waals surface area contributed by atoms with Gasteiger partial charge in [-0.15, -0.1) is 5.10 Å². The summed E-state index contributed by atoms with van der Waals surface area (Å²) in [6.07, 6.45) is 6.10. The van der Waals surface area contributed by atoms with Crippen LogP contribution in [0.5, 0.6) is 0 Å². The number of benzene rings is 2. The third-order valence-electron chi connectivity index (χ3n) is 8.51. The first-order valence-electron chi connectivity index (χ1n) is 15.3. The molecule has 0 saturated carbocycles. The normalized spacial score (nSPS) is 17.6. The van der Waals surface area contributed by atoms with Gasteiger partial charge >= 0.3 is 0 Å². The molecule has 0 N–H and O–H groups in total. The number of aromatic nitrogens is 3. The molecular weight excluding hydrogens is 618 g/mol. The molecule has 0 radical (unpaired) electrons. The van der Waals surface area contributed by atoms with Gasteiger partial charge in [-0.25, -0.2) is 13.5 Å². The molecule has 2 aliphatic heterocycles. The molecule has 2 aromatic carbocycles. The van der Waals surface area contributed by atoms with Gasteiger partial charge in [-0.3, -0.25) is 9.59 Å². The molecule has 43 heavy (non-hydrogen) atoms. The summed E-state index contributed by atoms with van der Waals surface area (Å²) in [7, 11) is 0. The van der Waals surface area contributed by atoms with E-state index in [0.29, 0.717) is 43.4 Å². The van der Waals surface area contributed by atoms with Crippen molar-refractivity contribution in [1.29, 1.82) is 0 Å². The first-order valence-corrected chi connectivity index (χ1v) is 16.1. The molecular formula is C32H39BrF2N6O2. The molecule has 8 nitrogen and oxygen atoms in total. The zero-order chi connectivity index (χ0) is 30.5. The van der Waals surface area contributed by atoms with Gasteiger partial charge < -0.3 is 14.7 Å². The molecule has 1 unspecified atom stereocenters. The molecule has 230 valence electrons. The molecule has 3 aromatic rings. The summed E-state index contributed by atoms with van der Waals surface area (Å²) in [5, 5.41) is 8.69. The van der Waals surface area contributed by atoms with Gasteiger partial charge in [0.25, 0.3) is 0 Å². The molecule has 2 aliphatic rings. The Morgan fingerprint density at radius 1 is 1.00 bits per heavy atom. The lowest BCUT2D eigenvalue weighted by molar-refractivity contribution is -0.135. The third-order valence-corrected chi connectivity index (χ3v) is 8.97. The summed E-state index contributed by atoms with van der Waals surface area (Å²) in [4.78, 5) is 32.3. The van der Waals surface area contributed by atoms with E-state index in [1.807, 2.05) is 11.1 Å². The number of rotatable bonds is 11. The Morgan fingerprint density at radius 3 is 2.28 bits per heavy atom. The van der Waals surface area contributed by atoms with Crippen LogP contribution in [0.3, 0.4) is 0 Å². The first-order chi connectivity index (χ1) is 20.8. The summed E-state index contributed by atoms with van der Waals surface area (Å²) in [6.45, 7) is 8.08. The number of piperidine rings is 1. The molecule has 11 heteroatoms. The van der Waals surface area contributed by atoms with Gasteiger partial charge in [-0.2, -0.15) is 0 Å². The van der Waals surface area contributed by atoms with Crippen molar-refractivity contribution in [1.82, 2.24) is 24.8 Å². The largest absolute Gasteiger partial charge is 0.372 e. The number of hydrogen-bond donors (Lipinski definition) is 0. The van der Waals surface area contributed by atoms with Crippen LogP contribution < -0.4 is 4.90 Å². The summed E-state index contributed by atoms with van der Waals surface area (Å²) in [5.41, 5.74) is 2.83. The number of carbonyl (C=O) groups excluding carboxylic acids is 2. The quantitative estimate of drug-likeness (QED) is 0.253. The number of anilines is 1. The van der Waals surface area contributed by atoms with E-state index in [-0.39, 0.29) is 42.3 Å². The monoisotopic (exact) mass is 656 g/mol. The first kappa shape index (κ1) is 31.1. The Balaban J connectivity index is 1.13. The van der Waals surface area contributed by atoms with Crippen LogP contribution in [-0.4, -0.2) is 75.4 Å². The smallest absolute Gasteiger partial charge is 0.247 e. The highest BCUT2D eigenvalue weighted by Gasteiger charge is 2.39. The Bertz CT molecular complexity index is 1390. The highest BCUT2D eigenvalue weighted by Crippen LogP contribution is 2.30. The molecule has 5 rings (SSSR count). The zero-order valence-corrected chi connectivity index (χ0v) is 26.4. The second-order valence-corrected chi connectivity index (χ2v) is 12.3. The predicted octanol–water partition coefficient (Wildman–Crippen LogP) is 6.01. The number of halogens is 3. The molecule has 1 aromatic heterocycles. The lowest BCUT2D eigenvalue weighted by atomic mass is 10.0. The van der Waals surface area contributed by atoms with Gasteiger partial charge in [0.2, 0.25) is 11.8 Å². The minimum Gasteiger partial charge on any atom is -0.372 e. The summed E-state index contributed by atoms with van der Waals surface area (Å²) < 4.78 is 30.3. The van der Waals surface area contributed by atoms with Gasteiger partial charge in [-0.1, -0.05) is 47.1 Å². The van der Waals surface area contributed by atoms with Crippen molar-refractivity contribution in [2.24, 2.45) is 0 Å². The van der Waals surface area contributed by atoms with Crippen molar-refractivity contribution in [3.63, 3.8) is 0 Å². The van der Waals surface area contributed by atoms with E-state index in [1.54, 1.807) is 9.58 Å². The number of amides is 2. The SMILES string of the molecule is CCCN(CCC)c1ccc(-c2cn(C3CCN(C4CCN(C(=O)CCc5c(F)cc(Br)cc5F)CC4)C3=O)nn2)cc1. The second kappa shape index (κ2) is 14.0. The van der Waals surface area contributed by atoms with Crippen molar-refractivity contribution in [3.8, 4) is 11.3 Å². The lowest BCUT2D eigenvalue weighted by Crippen LogP contribution is -2.47. The fraction of sp³-hybridized carbons (Fsp3) is 0.500. The van der Waals surface area contributed by atoms with Crippen LogP contribution in [0, 0.1) is 11.6 Å². The third kappa shape index (κ3) is 7.08. The van der Waals surface area contributed by atoms with E-state index in [1.165, 1.54) is 17.8 Å². The van der Waals surface area contributed by atoms with Crippen LogP contribution in [-0.2, 0) is 16.0 Å². The van der Waals surface area contributed by atoms with E-state index in [2.05, 4.69) is 69.3 Å². The van der Waals surface area contributed by atoms with Crippen molar-refractivity contribution < 1.29 is 18.4 Å². The Morgan fingerprint density at radius 2 is 1.65 bits per heavy atom. The molecule has 3 heterocycles. The maximum atomic E-state index is 14.2. The van der Waals surface area contributed by atoms with Crippen LogP contribution in [0.25, 0.3) is 11.3 Å². The maximum Gasteiger partial charge on any atom is 0.247 e. The van der Waals surface area contributed by atoms with Gasteiger partial charge in [0.05, 0.1) is 6.20 Å². The van der Waals surface area contributed by atoms with E-state index < -0.39 is 11.6 Å². The van der Waals surface area contributed by atoms with Crippen LogP contribution in [0.1, 0.15) is 64.0 Å². The van der Waals surface area contributed by atoms with Crippen LogP contribution in [0.2, 0.25) is 0 Å².